The highest BCUT2D eigenvalue weighted by molar-refractivity contribution is 9.10. The van der Waals surface area contributed by atoms with Crippen molar-refractivity contribution in [3.8, 4) is 0 Å². The largest absolute Gasteiger partial charge is 0.328 e. The van der Waals surface area contributed by atoms with Gasteiger partial charge in [-0.15, -0.1) is 11.8 Å². The lowest BCUT2D eigenvalue weighted by molar-refractivity contribution is 0.445. The Balaban J connectivity index is 1.95. The van der Waals surface area contributed by atoms with Crippen molar-refractivity contribution in [2.75, 3.05) is 6.26 Å². The van der Waals surface area contributed by atoms with Crippen LogP contribution in [0.2, 0.25) is 0 Å². The number of fused-ring (bicyclic) bond motifs is 3. The summed E-state index contributed by atoms with van der Waals surface area (Å²) in [4.78, 5) is 8.82. The second-order valence-electron chi connectivity index (χ2n) is 6.38. The van der Waals surface area contributed by atoms with E-state index in [1.165, 1.54) is 50.7 Å². The number of halogens is 1. The molecule has 3 heterocycles. The zero-order chi connectivity index (χ0) is 17.4. The Kier molecular flexibility index (Phi) is 5.16. The third kappa shape index (κ3) is 3.15. The molecular formula is C20H21BrN2S2. The van der Waals surface area contributed by atoms with Gasteiger partial charge in [0.2, 0.25) is 0 Å². The van der Waals surface area contributed by atoms with Crippen molar-refractivity contribution < 1.29 is 0 Å². The summed E-state index contributed by atoms with van der Waals surface area (Å²) in [6.45, 7) is 3.41. The second-order valence-corrected chi connectivity index (χ2v) is 9.23. The van der Waals surface area contributed by atoms with E-state index in [2.05, 4.69) is 64.0 Å². The maximum atomic E-state index is 4.78. The fraction of sp³-hybridized carbons (Fsp3) is 0.350. The zero-order valence-corrected chi connectivity index (χ0v) is 17.7. The molecule has 0 N–H and O–H groups in total. The quantitative estimate of drug-likeness (QED) is 0.414. The van der Waals surface area contributed by atoms with Crippen LogP contribution in [0, 0.1) is 0 Å². The highest BCUT2D eigenvalue weighted by atomic mass is 79.9. The molecule has 0 bridgehead atoms. The van der Waals surface area contributed by atoms with Crippen molar-refractivity contribution in [3.63, 3.8) is 0 Å². The maximum Gasteiger partial charge on any atom is 0.142 e. The number of thioether (sulfide) groups is 1. The molecule has 2 aromatic heterocycles. The zero-order valence-electron chi connectivity index (χ0n) is 14.5. The van der Waals surface area contributed by atoms with Gasteiger partial charge in [0.1, 0.15) is 5.65 Å². The van der Waals surface area contributed by atoms with Crippen molar-refractivity contribution in [3.05, 3.63) is 46.7 Å². The van der Waals surface area contributed by atoms with Crippen molar-refractivity contribution in [2.24, 2.45) is 0 Å². The van der Waals surface area contributed by atoms with Crippen LogP contribution in [0.4, 0.5) is 0 Å². The number of pyridine rings is 1. The topological polar surface area (TPSA) is 17.8 Å². The summed E-state index contributed by atoms with van der Waals surface area (Å²) in [5.41, 5.74) is 2.67. The fourth-order valence-corrected chi connectivity index (χ4v) is 5.89. The molecule has 5 heteroatoms. The van der Waals surface area contributed by atoms with E-state index in [-0.39, 0.29) is 0 Å². The van der Waals surface area contributed by atoms with Crippen molar-refractivity contribution in [1.29, 1.82) is 0 Å². The third-order valence-corrected chi connectivity index (χ3v) is 7.40. The van der Waals surface area contributed by atoms with Gasteiger partial charge in [0, 0.05) is 48.9 Å². The molecule has 1 aromatic carbocycles. The van der Waals surface area contributed by atoms with E-state index >= 15 is 0 Å². The van der Waals surface area contributed by atoms with Crippen molar-refractivity contribution in [1.82, 2.24) is 9.55 Å². The standard InChI is InChI=1S/C20H21BrN2S2/c1-3-13-5-4-12-23-18(13)19(25-15-8-6-14(21)7-9-15)17-16(24-2)10-11-22-20(17)23/h6-11,13H,3-5,12H2,1-2H3. The summed E-state index contributed by atoms with van der Waals surface area (Å²) < 4.78 is 3.62. The average molecular weight is 433 g/mol. The summed E-state index contributed by atoms with van der Waals surface area (Å²) in [6, 6.07) is 10.8. The Bertz CT molecular complexity index is 902. The number of hydrogen-bond acceptors (Lipinski definition) is 3. The monoisotopic (exact) mass is 432 g/mol. The Morgan fingerprint density at radius 3 is 2.76 bits per heavy atom. The van der Waals surface area contributed by atoms with E-state index in [0.717, 1.165) is 11.0 Å². The van der Waals surface area contributed by atoms with Gasteiger partial charge in [0.25, 0.3) is 0 Å². The van der Waals surface area contributed by atoms with Crippen LogP contribution in [0.1, 0.15) is 37.8 Å². The first kappa shape index (κ1) is 17.5. The van der Waals surface area contributed by atoms with Crippen LogP contribution in [-0.4, -0.2) is 15.8 Å². The van der Waals surface area contributed by atoms with Crippen LogP contribution in [-0.2, 0) is 6.54 Å². The molecule has 3 aromatic rings. The number of rotatable bonds is 4. The molecule has 0 spiro atoms. The highest BCUT2D eigenvalue weighted by Crippen LogP contribution is 2.47. The molecule has 0 saturated carbocycles. The van der Waals surface area contributed by atoms with E-state index in [9.17, 15) is 0 Å². The summed E-state index contributed by atoms with van der Waals surface area (Å²) in [6.07, 6.45) is 7.86. The fourth-order valence-electron chi connectivity index (χ4n) is 3.77. The van der Waals surface area contributed by atoms with E-state index in [1.54, 1.807) is 0 Å². The van der Waals surface area contributed by atoms with Gasteiger partial charge in [0.05, 0.1) is 0 Å². The van der Waals surface area contributed by atoms with Crippen molar-refractivity contribution in [2.45, 2.75) is 53.3 Å². The molecule has 0 fully saturated rings. The lowest BCUT2D eigenvalue weighted by atomic mass is 9.93. The van der Waals surface area contributed by atoms with Crippen LogP contribution >= 0.6 is 39.5 Å². The minimum Gasteiger partial charge on any atom is -0.328 e. The number of aromatic nitrogens is 2. The summed E-state index contributed by atoms with van der Waals surface area (Å²) in [7, 11) is 0. The molecule has 1 unspecified atom stereocenters. The minimum atomic E-state index is 0.635. The lowest BCUT2D eigenvalue weighted by Crippen LogP contribution is -2.15. The van der Waals surface area contributed by atoms with E-state index in [1.807, 2.05) is 29.7 Å². The predicted molar refractivity (Wildman–Crippen MR) is 112 cm³/mol. The summed E-state index contributed by atoms with van der Waals surface area (Å²) >= 11 is 7.26. The van der Waals surface area contributed by atoms with Gasteiger partial charge < -0.3 is 4.57 Å². The van der Waals surface area contributed by atoms with Crippen LogP contribution in [0.15, 0.2) is 55.7 Å². The smallest absolute Gasteiger partial charge is 0.142 e. The van der Waals surface area contributed by atoms with Crippen LogP contribution in [0.5, 0.6) is 0 Å². The van der Waals surface area contributed by atoms with E-state index < -0.39 is 0 Å². The van der Waals surface area contributed by atoms with E-state index in [0.29, 0.717) is 5.92 Å². The number of nitrogens with zero attached hydrogens (tertiary/aromatic N) is 2. The number of aryl methyl sites for hydroxylation is 1. The molecule has 0 radical (unpaired) electrons. The Morgan fingerprint density at radius 1 is 1.24 bits per heavy atom. The average Bonchev–Trinajstić information content (AvgIpc) is 2.98. The molecule has 25 heavy (non-hydrogen) atoms. The number of benzene rings is 1. The first-order valence-electron chi connectivity index (χ1n) is 8.71. The van der Waals surface area contributed by atoms with E-state index in [4.69, 9.17) is 4.98 Å². The Labute approximate surface area is 165 Å². The Morgan fingerprint density at radius 2 is 2.04 bits per heavy atom. The Hall–Kier alpha value is -0.910. The molecular weight excluding hydrogens is 412 g/mol. The molecule has 1 aliphatic heterocycles. The summed E-state index contributed by atoms with van der Waals surface area (Å²) in [5, 5.41) is 1.35. The van der Waals surface area contributed by atoms with Crippen LogP contribution < -0.4 is 0 Å². The van der Waals surface area contributed by atoms with Crippen molar-refractivity contribution >= 4 is 50.5 Å². The molecule has 130 valence electrons. The molecule has 0 saturated heterocycles. The van der Waals surface area contributed by atoms with Gasteiger partial charge in [-0.1, -0.05) is 34.6 Å². The number of hydrogen-bond donors (Lipinski definition) is 0. The van der Waals surface area contributed by atoms with Crippen LogP contribution in [0.25, 0.3) is 11.0 Å². The van der Waals surface area contributed by atoms with Gasteiger partial charge >= 0.3 is 0 Å². The molecule has 4 rings (SSSR count). The summed E-state index contributed by atoms with van der Waals surface area (Å²) in [5.74, 6) is 0.635. The van der Waals surface area contributed by atoms with Gasteiger partial charge in [-0.2, -0.15) is 0 Å². The maximum absolute atomic E-state index is 4.78. The highest BCUT2D eigenvalue weighted by Gasteiger charge is 2.28. The molecule has 0 aliphatic carbocycles. The first-order valence-corrected chi connectivity index (χ1v) is 11.5. The molecule has 0 amide bonds. The minimum absolute atomic E-state index is 0.635. The first-order chi connectivity index (χ1) is 12.2. The molecule has 1 atom stereocenters. The molecule has 1 aliphatic rings. The second kappa shape index (κ2) is 7.37. The lowest BCUT2D eigenvalue weighted by Gasteiger charge is -2.25. The van der Waals surface area contributed by atoms with Gasteiger partial charge in [-0.3, -0.25) is 0 Å². The van der Waals surface area contributed by atoms with Crippen LogP contribution in [0.3, 0.4) is 0 Å². The third-order valence-electron chi connectivity index (χ3n) is 4.97. The van der Waals surface area contributed by atoms with Gasteiger partial charge in [-0.25, -0.2) is 4.98 Å². The van der Waals surface area contributed by atoms with Gasteiger partial charge in [0.15, 0.2) is 0 Å². The SMILES string of the molecule is CCC1CCCn2c1c(Sc1ccc(Br)cc1)c1c(SC)ccnc12. The molecule has 2 nitrogen and oxygen atoms in total. The predicted octanol–water partition coefficient (Wildman–Crippen LogP) is 6.96. The van der Waals surface area contributed by atoms with Gasteiger partial charge in [-0.05, 0) is 55.9 Å². The normalized spacial score (nSPS) is 17.0.